The van der Waals surface area contributed by atoms with Crippen molar-refractivity contribution in [1.29, 1.82) is 0 Å². The number of anilines is 1. The Morgan fingerprint density at radius 3 is 2.44 bits per heavy atom. The molecule has 2 amide bonds. The van der Waals surface area contributed by atoms with Crippen LogP contribution >= 0.6 is 23.2 Å². The second kappa shape index (κ2) is 11.5. The fourth-order valence-electron chi connectivity index (χ4n) is 3.75. The van der Waals surface area contributed by atoms with Crippen LogP contribution in [0.25, 0.3) is 0 Å². The Kier molecular flexibility index (Phi) is 8.98. The highest BCUT2D eigenvalue weighted by atomic mass is 35.5. The molecule has 2 aromatic rings. The molecule has 2 aromatic carbocycles. The van der Waals surface area contributed by atoms with Gasteiger partial charge < -0.3 is 10.6 Å². The van der Waals surface area contributed by atoms with Crippen LogP contribution in [0, 0.1) is 5.92 Å². The van der Waals surface area contributed by atoms with Gasteiger partial charge in [-0.3, -0.25) is 9.59 Å². The van der Waals surface area contributed by atoms with Gasteiger partial charge in [-0.15, -0.1) is 0 Å². The Morgan fingerprint density at radius 1 is 1.12 bits per heavy atom. The molecule has 0 saturated carbocycles. The Hall–Kier alpha value is -2.13. The van der Waals surface area contributed by atoms with E-state index in [2.05, 4.69) is 10.6 Å². The quantitative estimate of drug-likeness (QED) is 0.521. The van der Waals surface area contributed by atoms with Gasteiger partial charge in [0.2, 0.25) is 15.9 Å². The van der Waals surface area contributed by atoms with E-state index in [0.29, 0.717) is 39.7 Å². The summed E-state index contributed by atoms with van der Waals surface area (Å²) in [5, 5.41) is 6.52. The molecule has 0 radical (unpaired) electrons. The highest BCUT2D eigenvalue weighted by molar-refractivity contribution is 7.88. The van der Waals surface area contributed by atoms with Crippen molar-refractivity contribution in [2.24, 2.45) is 5.92 Å². The zero-order chi connectivity index (χ0) is 24.9. The van der Waals surface area contributed by atoms with Gasteiger partial charge in [0.25, 0.3) is 5.91 Å². The predicted molar refractivity (Wildman–Crippen MR) is 136 cm³/mol. The van der Waals surface area contributed by atoms with Gasteiger partial charge >= 0.3 is 0 Å². The lowest BCUT2D eigenvalue weighted by Crippen LogP contribution is -2.42. The summed E-state index contributed by atoms with van der Waals surface area (Å²) in [6.07, 6.45) is 1.58. The molecule has 10 heteroatoms. The van der Waals surface area contributed by atoms with Crippen molar-refractivity contribution in [3.8, 4) is 0 Å². The van der Waals surface area contributed by atoms with Crippen molar-refractivity contribution >= 4 is 50.7 Å². The van der Waals surface area contributed by atoms with Crippen LogP contribution in [0.2, 0.25) is 10.0 Å². The number of rotatable bonds is 8. The Balaban J connectivity index is 1.60. The molecule has 3 rings (SSSR count). The van der Waals surface area contributed by atoms with Crippen molar-refractivity contribution < 1.29 is 18.0 Å². The molecule has 0 aromatic heterocycles. The van der Waals surface area contributed by atoms with E-state index in [4.69, 9.17) is 23.2 Å². The van der Waals surface area contributed by atoms with Crippen molar-refractivity contribution in [1.82, 2.24) is 9.62 Å². The summed E-state index contributed by atoms with van der Waals surface area (Å²) in [7, 11) is -3.59. The standard InChI is InChI=1S/C24H29Cl2N3O4S/c1-3-16(2)27-24(31)20-6-4-5-7-22(20)28-23(30)17-10-12-29(13-11-17)34(32,33)15-18-8-9-19(25)14-21(18)26/h4-9,14,16-17H,3,10-13,15H2,1-2H3,(H,27,31)(H,28,30)/t16-/m0/s1. The second-order valence-corrected chi connectivity index (χ2v) is 11.3. The minimum absolute atomic E-state index is 0.0188. The number of benzene rings is 2. The lowest BCUT2D eigenvalue weighted by molar-refractivity contribution is -0.120. The van der Waals surface area contributed by atoms with Crippen LogP contribution in [-0.4, -0.2) is 43.7 Å². The first-order valence-electron chi connectivity index (χ1n) is 11.2. The molecule has 0 bridgehead atoms. The van der Waals surface area contributed by atoms with Crippen LogP contribution in [0.5, 0.6) is 0 Å². The van der Waals surface area contributed by atoms with Gasteiger partial charge in [0, 0.05) is 35.1 Å². The highest BCUT2D eigenvalue weighted by Gasteiger charge is 2.32. The van der Waals surface area contributed by atoms with E-state index in [1.807, 2.05) is 13.8 Å². The van der Waals surface area contributed by atoms with Gasteiger partial charge in [0.1, 0.15) is 0 Å². The molecule has 184 valence electrons. The number of hydrogen-bond donors (Lipinski definition) is 2. The molecule has 0 aliphatic carbocycles. The van der Waals surface area contributed by atoms with Gasteiger partial charge in [-0.1, -0.05) is 48.3 Å². The summed E-state index contributed by atoms with van der Waals surface area (Å²) in [6, 6.07) is 11.6. The number of nitrogens with zero attached hydrogens (tertiary/aromatic N) is 1. The number of hydrogen-bond acceptors (Lipinski definition) is 4. The van der Waals surface area contributed by atoms with Gasteiger partial charge in [-0.2, -0.15) is 0 Å². The maximum Gasteiger partial charge on any atom is 0.253 e. The van der Waals surface area contributed by atoms with Crippen LogP contribution in [0.15, 0.2) is 42.5 Å². The number of piperidine rings is 1. The van der Waals surface area contributed by atoms with Crippen LogP contribution in [0.3, 0.4) is 0 Å². The van der Waals surface area contributed by atoms with E-state index in [0.717, 1.165) is 6.42 Å². The molecular formula is C24H29Cl2N3O4S. The molecule has 34 heavy (non-hydrogen) atoms. The molecule has 1 aliphatic heterocycles. The Labute approximate surface area is 210 Å². The SMILES string of the molecule is CC[C@H](C)NC(=O)c1ccccc1NC(=O)C1CCN(S(=O)(=O)Cc2ccc(Cl)cc2Cl)CC1. The van der Waals surface area contributed by atoms with Crippen molar-refractivity contribution in [3.63, 3.8) is 0 Å². The number of carbonyl (C=O) groups is 2. The van der Waals surface area contributed by atoms with E-state index in [1.54, 1.807) is 36.4 Å². The minimum Gasteiger partial charge on any atom is -0.350 e. The summed E-state index contributed by atoms with van der Waals surface area (Å²) >= 11 is 12.0. The zero-order valence-corrected chi connectivity index (χ0v) is 21.5. The molecule has 1 aliphatic rings. The molecular weight excluding hydrogens is 497 g/mol. The van der Waals surface area contributed by atoms with Crippen LogP contribution < -0.4 is 10.6 Å². The van der Waals surface area contributed by atoms with E-state index in [9.17, 15) is 18.0 Å². The van der Waals surface area contributed by atoms with E-state index >= 15 is 0 Å². The third-order valence-corrected chi connectivity index (χ3v) is 8.41. The first kappa shape index (κ1) is 26.5. The van der Waals surface area contributed by atoms with E-state index in [1.165, 1.54) is 10.4 Å². The first-order valence-corrected chi connectivity index (χ1v) is 13.6. The fraction of sp³-hybridized carbons (Fsp3) is 0.417. The summed E-state index contributed by atoms with van der Waals surface area (Å²) in [4.78, 5) is 25.5. The number of nitrogens with one attached hydrogen (secondary N) is 2. The molecule has 1 saturated heterocycles. The number of halogens is 2. The smallest absolute Gasteiger partial charge is 0.253 e. The Morgan fingerprint density at radius 2 is 1.79 bits per heavy atom. The fourth-order valence-corrected chi connectivity index (χ4v) is 5.90. The largest absolute Gasteiger partial charge is 0.350 e. The minimum atomic E-state index is -3.59. The van der Waals surface area contributed by atoms with Gasteiger partial charge in [-0.05, 0) is 56.0 Å². The lowest BCUT2D eigenvalue weighted by atomic mass is 9.97. The van der Waals surface area contributed by atoms with Crippen LogP contribution in [-0.2, 0) is 20.6 Å². The molecule has 0 unspecified atom stereocenters. The third kappa shape index (κ3) is 6.72. The molecule has 7 nitrogen and oxygen atoms in total. The number of amides is 2. The highest BCUT2D eigenvalue weighted by Crippen LogP contribution is 2.27. The van der Waals surface area contributed by atoms with Crippen molar-refractivity contribution in [3.05, 3.63) is 63.6 Å². The molecule has 0 spiro atoms. The summed E-state index contributed by atoms with van der Waals surface area (Å²) in [6.45, 7) is 4.38. The lowest BCUT2D eigenvalue weighted by Gasteiger charge is -2.30. The van der Waals surface area contributed by atoms with E-state index < -0.39 is 10.0 Å². The molecule has 1 heterocycles. The summed E-state index contributed by atoms with van der Waals surface area (Å²) in [5.74, 6) is -1.04. The monoisotopic (exact) mass is 525 g/mol. The number of sulfonamides is 1. The maximum atomic E-state index is 12.9. The third-order valence-electron chi connectivity index (χ3n) is 5.99. The molecule has 1 atom stereocenters. The second-order valence-electron chi connectivity index (χ2n) is 8.48. The topological polar surface area (TPSA) is 95.6 Å². The Bertz CT molecular complexity index is 1150. The molecule has 1 fully saturated rings. The number of carbonyl (C=O) groups excluding carboxylic acids is 2. The van der Waals surface area contributed by atoms with Gasteiger partial charge in [0.05, 0.1) is 17.0 Å². The van der Waals surface area contributed by atoms with Crippen molar-refractivity contribution in [2.45, 2.75) is 44.9 Å². The zero-order valence-electron chi connectivity index (χ0n) is 19.2. The normalized spacial score (nSPS) is 16.1. The number of para-hydroxylation sites is 1. The average molecular weight is 526 g/mol. The first-order chi connectivity index (χ1) is 16.1. The maximum absolute atomic E-state index is 12.9. The van der Waals surface area contributed by atoms with Crippen LogP contribution in [0.1, 0.15) is 49.0 Å². The van der Waals surface area contributed by atoms with Crippen molar-refractivity contribution in [2.75, 3.05) is 18.4 Å². The molecule has 2 N–H and O–H groups in total. The summed E-state index contributed by atoms with van der Waals surface area (Å²) < 4.78 is 27.2. The van der Waals surface area contributed by atoms with Gasteiger partial charge in [0.15, 0.2) is 0 Å². The van der Waals surface area contributed by atoms with Gasteiger partial charge in [-0.25, -0.2) is 12.7 Å². The predicted octanol–water partition coefficient (Wildman–Crippen LogP) is 4.70. The average Bonchev–Trinajstić information content (AvgIpc) is 2.81. The van der Waals surface area contributed by atoms with Crippen LogP contribution in [0.4, 0.5) is 5.69 Å². The summed E-state index contributed by atoms with van der Waals surface area (Å²) in [5.41, 5.74) is 1.33. The van der Waals surface area contributed by atoms with E-state index in [-0.39, 0.29) is 42.6 Å².